The topological polar surface area (TPSA) is 18.5 Å². The van der Waals surface area contributed by atoms with Gasteiger partial charge in [-0.1, -0.05) is 55.7 Å². The molecule has 2 nitrogen and oxygen atoms in total. The second-order valence-corrected chi connectivity index (χ2v) is 28.9. The molecule has 258 valence electrons. The number of hydrogen-bond acceptors (Lipinski definition) is 2. The van der Waals surface area contributed by atoms with Gasteiger partial charge in [-0.2, -0.15) is 0 Å². The summed E-state index contributed by atoms with van der Waals surface area (Å²) in [5, 5.41) is 0. The molecule has 0 amide bonds. The van der Waals surface area contributed by atoms with Crippen molar-refractivity contribution in [2.45, 2.75) is 58.9 Å². The van der Waals surface area contributed by atoms with Crippen LogP contribution in [0.2, 0.25) is 58.9 Å². The van der Waals surface area contributed by atoms with Gasteiger partial charge in [0.2, 0.25) is 14.3 Å². The molecule has 0 fully saturated rings. The lowest BCUT2D eigenvalue weighted by Crippen LogP contribution is -2.75. The third-order valence-corrected chi connectivity index (χ3v) is 15.7. The van der Waals surface area contributed by atoms with E-state index in [9.17, 15) is 26.3 Å². The predicted molar refractivity (Wildman–Crippen MR) is 163 cm³/mol. The van der Waals surface area contributed by atoms with Crippen molar-refractivity contribution in [2.75, 3.05) is 0 Å². The fourth-order valence-corrected chi connectivity index (χ4v) is 17.1. The summed E-state index contributed by atoms with van der Waals surface area (Å²) >= 11 is 0. The van der Waals surface area contributed by atoms with E-state index in [2.05, 4.69) is 0 Å². The average molecular weight is 734 g/mol. The van der Waals surface area contributed by atoms with Gasteiger partial charge in [-0.25, -0.2) is 52.7 Å². The summed E-state index contributed by atoms with van der Waals surface area (Å²) < 4.78 is 197. The monoisotopic (exact) mass is 733 g/mol. The first-order valence-electron chi connectivity index (χ1n) is 14.0. The Morgan fingerprint density at radius 2 is 0.681 bits per heavy atom. The molecule has 0 radical (unpaired) electrons. The van der Waals surface area contributed by atoms with E-state index in [-0.39, 0.29) is 4.82 Å². The summed E-state index contributed by atoms with van der Waals surface area (Å²) in [5.74, 6) is -30.6. The molecular formula is C29H30BF12O2Si3-. The number of benzene rings is 3. The molecule has 3 aromatic rings. The molecule has 0 aliphatic carbocycles. The Morgan fingerprint density at radius 1 is 0.447 bits per heavy atom. The van der Waals surface area contributed by atoms with Gasteiger partial charge in [0.1, 0.15) is 34.9 Å². The van der Waals surface area contributed by atoms with Crippen molar-refractivity contribution < 1.29 is 61.8 Å². The van der Waals surface area contributed by atoms with Crippen LogP contribution >= 0.6 is 0 Å². The summed E-state index contributed by atoms with van der Waals surface area (Å²) in [5.41, 5.74) is -7.14. The molecule has 0 spiro atoms. The van der Waals surface area contributed by atoms with Gasteiger partial charge in [0.25, 0.3) is 6.35 Å². The molecule has 3 rings (SSSR count). The van der Waals surface area contributed by atoms with Gasteiger partial charge in [0, 0.05) is 18.2 Å². The normalized spacial score (nSPS) is 12.8. The standard InChI is InChI=1S/C29H30BF12O2Si3/c1-45(2,3)29(46(4,5)6)28(44-47(7,8)9)43-30(19-22(37)13(31)10-14(32)23(19)38,20-24(39)15(33)11-16(34)25(20)40)21-26(41)17(35)12-18(36)27(21)42/h10-12H,1-9H3/q-1. The zero-order valence-electron chi connectivity index (χ0n) is 26.7. The second-order valence-electron chi connectivity index (χ2n) is 13.9. The predicted octanol–water partition coefficient (Wildman–Crippen LogP) is 8.16. The number of halogens is 12. The van der Waals surface area contributed by atoms with Crippen LogP contribution in [0.5, 0.6) is 0 Å². The third kappa shape index (κ3) is 7.04. The Bertz CT molecular complexity index is 1530. The molecular weight excluding hydrogens is 703 g/mol. The van der Waals surface area contributed by atoms with Crippen molar-refractivity contribution in [3.63, 3.8) is 0 Å². The van der Waals surface area contributed by atoms with Crippen LogP contribution < -0.4 is 16.4 Å². The van der Waals surface area contributed by atoms with Gasteiger partial charge in [-0.3, -0.25) is 0 Å². The van der Waals surface area contributed by atoms with Crippen molar-refractivity contribution in [1.29, 1.82) is 0 Å². The zero-order valence-corrected chi connectivity index (χ0v) is 29.7. The zero-order chi connectivity index (χ0) is 36.4. The molecule has 47 heavy (non-hydrogen) atoms. The van der Waals surface area contributed by atoms with Gasteiger partial charge in [-0.05, 0) is 24.5 Å². The van der Waals surface area contributed by atoms with E-state index >= 15 is 26.3 Å². The fraction of sp³-hybridized carbons (Fsp3) is 0.310. The Balaban J connectivity index is 2.98. The van der Waals surface area contributed by atoms with E-state index in [0.29, 0.717) is 0 Å². The summed E-state index contributed by atoms with van der Waals surface area (Å²) in [6.07, 6.45) is -5.73. The van der Waals surface area contributed by atoms with Crippen LogP contribution in [0.25, 0.3) is 0 Å². The van der Waals surface area contributed by atoms with E-state index in [4.69, 9.17) is 9.08 Å². The number of hydrogen-bond donors (Lipinski definition) is 0. The molecule has 0 aromatic heterocycles. The van der Waals surface area contributed by atoms with Crippen LogP contribution in [0.3, 0.4) is 0 Å². The first kappa shape index (κ1) is 38.3. The van der Waals surface area contributed by atoms with E-state index in [1.54, 1.807) is 39.3 Å². The first-order chi connectivity index (χ1) is 21.2. The summed E-state index contributed by atoms with van der Waals surface area (Å²) in [6.45, 7) is 14.6. The number of rotatable bonds is 9. The first-order valence-corrected chi connectivity index (χ1v) is 24.4. The highest BCUT2D eigenvalue weighted by Crippen LogP contribution is 2.35. The third-order valence-electron chi connectivity index (χ3n) is 7.04. The summed E-state index contributed by atoms with van der Waals surface area (Å²) in [6, 6.07) is -1.17. The second kappa shape index (κ2) is 12.7. The molecule has 0 aliphatic rings. The van der Waals surface area contributed by atoms with Crippen molar-refractivity contribution in [1.82, 2.24) is 0 Å². The Morgan fingerprint density at radius 3 is 0.872 bits per heavy atom. The van der Waals surface area contributed by atoms with Crippen LogP contribution in [-0.4, -0.2) is 30.8 Å². The molecule has 18 heteroatoms. The summed E-state index contributed by atoms with van der Waals surface area (Å²) in [4.78, 5) is 0.201. The van der Waals surface area contributed by atoms with E-state index in [0.717, 1.165) is 0 Å². The van der Waals surface area contributed by atoms with Gasteiger partial charge in [0.15, 0.2) is 34.9 Å². The molecule has 0 aliphatic heterocycles. The largest absolute Gasteiger partial charge is 0.677 e. The van der Waals surface area contributed by atoms with Crippen LogP contribution in [0, 0.1) is 69.8 Å². The maximum Gasteiger partial charge on any atom is 0.268 e. The molecule has 3 aromatic carbocycles. The minimum atomic E-state index is -5.73. The van der Waals surface area contributed by atoms with Crippen molar-refractivity contribution in [3.8, 4) is 0 Å². The van der Waals surface area contributed by atoms with Gasteiger partial charge in [-0.15, -0.1) is 0 Å². The van der Waals surface area contributed by atoms with Crippen molar-refractivity contribution in [3.05, 3.63) is 98.8 Å². The molecule has 0 heterocycles. The molecule has 0 atom stereocenters. The molecule has 0 saturated carbocycles. The lowest BCUT2D eigenvalue weighted by molar-refractivity contribution is 0.219. The Labute approximate surface area is 266 Å². The molecule has 0 unspecified atom stereocenters. The quantitative estimate of drug-likeness (QED) is 0.0958. The van der Waals surface area contributed by atoms with Crippen LogP contribution in [0.4, 0.5) is 52.7 Å². The van der Waals surface area contributed by atoms with Gasteiger partial charge >= 0.3 is 0 Å². The van der Waals surface area contributed by atoms with Crippen molar-refractivity contribution in [2.24, 2.45) is 0 Å². The Hall–Kier alpha value is -3.12. The van der Waals surface area contributed by atoms with Gasteiger partial charge < -0.3 is 9.08 Å². The lowest BCUT2D eigenvalue weighted by Gasteiger charge is -2.48. The highest BCUT2D eigenvalue weighted by Gasteiger charge is 2.51. The molecule has 0 bridgehead atoms. The minimum absolute atomic E-state index is 0.201. The van der Waals surface area contributed by atoms with Crippen molar-refractivity contribution >= 4 is 47.2 Å². The fourth-order valence-electron chi connectivity index (χ4n) is 5.77. The average Bonchev–Trinajstić information content (AvgIpc) is 2.87. The Kier molecular flexibility index (Phi) is 10.4. The SMILES string of the molecule is C[Si](C)(C)OC(O[B-](c1c(F)c(F)cc(F)c1F)(c1c(F)c(F)cc(F)c1F)c1c(F)c(F)cc(F)c1F)=C([Si](C)(C)C)[Si](C)(C)C. The van der Waals surface area contributed by atoms with E-state index in [1.165, 1.54) is 19.6 Å². The molecule has 0 N–H and O–H groups in total. The highest BCUT2D eigenvalue weighted by molar-refractivity contribution is 7.08. The van der Waals surface area contributed by atoms with Crippen LogP contribution in [-0.2, 0) is 9.08 Å². The highest BCUT2D eigenvalue weighted by atomic mass is 28.4. The smallest absolute Gasteiger partial charge is 0.268 e. The maximum atomic E-state index is 16.0. The molecule has 0 saturated heterocycles. The minimum Gasteiger partial charge on any atom is -0.677 e. The van der Waals surface area contributed by atoms with E-state index < -0.39 is 141 Å². The maximum absolute atomic E-state index is 16.0. The van der Waals surface area contributed by atoms with Crippen LogP contribution in [0.15, 0.2) is 29.0 Å². The lowest BCUT2D eigenvalue weighted by atomic mass is 9.27. The summed E-state index contributed by atoms with van der Waals surface area (Å²) in [7, 11) is -8.96. The van der Waals surface area contributed by atoms with Gasteiger partial charge in [0.05, 0.1) is 16.1 Å². The van der Waals surface area contributed by atoms with Crippen LogP contribution in [0.1, 0.15) is 0 Å². The van der Waals surface area contributed by atoms with E-state index in [1.807, 2.05) is 0 Å².